The molecule has 3 rings (SSSR count). The molecule has 1 aromatic rings. The number of carbonyl (C=O) groups excluding carboxylic acids is 1. The van der Waals surface area contributed by atoms with Gasteiger partial charge in [-0.2, -0.15) is 0 Å². The van der Waals surface area contributed by atoms with Crippen molar-refractivity contribution in [3.8, 4) is 0 Å². The van der Waals surface area contributed by atoms with Crippen molar-refractivity contribution in [2.45, 2.75) is 25.1 Å². The van der Waals surface area contributed by atoms with Crippen LogP contribution in [0.4, 0.5) is 4.79 Å². The van der Waals surface area contributed by atoms with E-state index in [4.69, 9.17) is 4.74 Å². The number of hydrogen-bond acceptors (Lipinski definition) is 5. The monoisotopic (exact) mass is 395 g/mol. The number of urea groups is 1. The highest BCUT2D eigenvalue weighted by Gasteiger charge is 2.48. The van der Waals surface area contributed by atoms with Crippen LogP contribution in [0.25, 0.3) is 0 Å². The first-order chi connectivity index (χ1) is 12.9. The highest BCUT2D eigenvalue weighted by molar-refractivity contribution is 7.91. The smallest absolute Gasteiger partial charge is 0.319 e. The number of rotatable bonds is 6. The fraction of sp³-hybridized carbons (Fsp3) is 0.632. The summed E-state index contributed by atoms with van der Waals surface area (Å²) in [6, 6.07) is 9.58. The maximum atomic E-state index is 12.4. The topological polar surface area (TPSA) is 70.2 Å². The van der Waals surface area contributed by atoms with Crippen LogP contribution < -0.4 is 0 Å². The molecule has 27 heavy (non-hydrogen) atoms. The van der Waals surface area contributed by atoms with Gasteiger partial charge < -0.3 is 14.5 Å². The summed E-state index contributed by atoms with van der Waals surface area (Å²) < 4.78 is 30.2. The molecule has 7 nitrogen and oxygen atoms in total. The molecular weight excluding hydrogens is 366 g/mol. The molecule has 0 unspecified atom stereocenters. The van der Waals surface area contributed by atoms with E-state index in [2.05, 4.69) is 4.90 Å². The zero-order valence-electron chi connectivity index (χ0n) is 16.1. The molecule has 0 aliphatic carbocycles. The summed E-state index contributed by atoms with van der Waals surface area (Å²) in [5.74, 6) is 0.206. The Labute approximate surface area is 161 Å². The number of ether oxygens (including phenoxy) is 1. The Hall–Kier alpha value is -1.64. The summed E-state index contributed by atoms with van der Waals surface area (Å²) in [5, 5.41) is 0. The molecule has 2 amide bonds. The van der Waals surface area contributed by atoms with Gasteiger partial charge in [0.25, 0.3) is 0 Å². The van der Waals surface area contributed by atoms with E-state index in [0.717, 1.165) is 18.5 Å². The van der Waals surface area contributed by atoms with Gasteiger partial charge in [0.2, 0.25) is 0 Å². The zero-order chi connectivity index (χ0) is 19.4. The first-order valence-corrected chi connectivity index (χ1v) is 11.2. The zero-order valence-corrected chi connectivity index (χ0v) is 16.9. The van der Waals surface area contributed by atoms with Gasteiger partial charge >= 0.3 is 6.03 Å². The summed E-state index contributed by atoms with van der Waals surface area (Å²) in [5.41, 5.74) is 1.15. The van der Waals surface area contributed by atoms with Crippen LogP contribution in [-0.4, -0.2) is 93.1 Å². The second kappa shape index (κ2) is 8.58. The predicted molar refractivity (Wildman–Crippen MR) is 104 cm³/mol. The molecule has 0 radical (unpaired) electrons. The van der Waals surface area contributed by atoms with Gasteiger partial charge in [0.1, 0.15) is 0 Å². The molecule has 2 saturated heterocycles. The first kappa shape index (κ1) is 20.1. The minimum absolute atomic E-state index is 0.0677. The Morgan fingerprint density at radius 3 is 2.56 bits per heavy atom. The van der Waals surface area contributed by atoms with Gasteiger partial charge in [-0.3, -0.25) is 4.90 Å². The maximum Gasteiger partial charge on any atom is 0.319 e. The molecule has 0 N–H and O–H groups in total. The Morgan fingerprint density at radius 2 is 1.85 bits per heavy atom. The first-order valence-electron chi connectivity index (χ1n) is 9.41. The summed E-state index contributed by atoms with van der Waals surface area (Å²) in [4.78, 5) is 17.9. The van der Waals surface area contributed by atoms with Crippen LogP contribution >= 0.6 is 0 Å². The molecular formula is C19H29N3O4S. The van der Waals surface area contributed by atoms with E-state index in [1.54, 1.807) is 19.0 Å². The third-order valence-electron chi connectivity index (χ3n) is 5.26. The number of hydrogen-bond donors (Lipinski definition) is 0. The summed E-state index contributed by atoms with van der Waals surface area (Å²) >= 11 is 0. The van der Waals surface area contributed by atoms with Gasteiger partial charge in [0.15, 0.2) is 9.84 Å². The van der Waals surface area contributed by atoms with Gasteiger partial charge in [0.05, 0.1) is 24.2 Å². The molecule has 2 aliphatic rings. The predicted octanol–water partition coefficient (Wildman–Crippen LogP) is 1.06. The van der Waals surface area contributed by atoms with Gasteiger partial charge in [0, 0.05) is 46.4 Å². The molecule has 2 atom stereocenters. The molecule has 0 spiro atoms. The van der Waals surface area contributed by atoms with E-state index >= 15 is 0 Å². The molecule has 2 heterocycles. The van der Waals surface area contributed by atoms with Crippen molar-refractivity contribution in [3.05, 3.63) is 35.9 Å². The second-order valence-electron chi connectivity index (χ2n) is 7.51. The van der Waals surface area contributed by atoms with Crippen LogP contribution in [0.5, 0.6) is 0 Å². The number of piperazine rings is 1. The molecule has 0 bridgehead atoms. The average Bonchev–Trinajstić information content (AvgIpc) is 2.97. The standard InChI is InChI=1S/C19H29N3O4S/c1-20(2)19(23)22-11-10-21(17-14-27(24,25)15-18(17)22)9-6-12-26-13-16-7-4-3-5-8-16/h3-5,7-8,17-18H,6,9-15H2,1-2H3/t17-,18+/m0/s1. The lowest BCUT2D eigenvalue weighted by atomic mass is 10.0. The van der Waals surface area contributed by atoms with Crippen LogP contribution in [0.2, 0.25) is 0 Å². The van der Waals surface area contributed by atoms with Crippen LogP contribution in [0, 0.1) is 0 Å². The van der Waals surface area contributed by atoms with Crippen molar-refractivity contribution >= 4 is 15.9 Å². The lowest BCUT2D eigenvalue weighted by molar-refractivity contribution is 0.0458. The lowest BCUT2D eigenvalue weighted by Crippen LogP contribution is -2.62. The van der Waals surface area contributed by atoms with Gasteiger partial charge in [-0.1, -0.05) is 30.3 Å². The quantitative estimate of drug-likeness (QED) is 0.674. The fourth-order valence-corrected chi connectivity index (χ4v) is 5.94. The normalized spacial score (nSPS) is 24.6. The van der Waals surface area contributed by atoms with E-state index in [0.29, 0.717) is 26.3 Å². The number of benzene rings is 1. The Bertz CT molecular complexity index is 739. The molecule has 2 fully saturated rings. The Morgan fingerprint density at radius 1 is 1.15 bits per heavy atom. The molecule has 1 aromatic carbocycles. The maximum absolute atomic E-state index is 12.4. The SMILES string of the molecule is CN(C)C(=O)N1CCN(CCCOCc2ccccc2)[C@H]2CS(=O)(=O)C[C@H]21. The lowest BCUT2D eigenvalue weighted by Gasteiger charge is -2.44. The molecule has 150 valence electrons. The third-order valence-corrected chi connectivity index (χ3v) is 6.96. The number of fused-ring (bicyclic) bond motifs is 1. The highest BCUT2D eigenvalue weighted by atomic mass is 32.2. The summed E-state index contributed by atoms with van der Waals surface area (Å²) in [7, 11) is 0.301. The van der Waals surface area contributed by atoms with Crippen molar-refractivity contribution in [3.63, 3.8) is 0 Å². The number of sulfone groups is 1. The van der Waals surface area contributed by atoms with Crippen LogP contribution in [-0.2, 0) is 21.2 Å². The minimum atomic E-state index is -3.11. The van der Waals surface area contributed by atoms with Crippen molar-refractivity contribution in [1.29, 1.82) is 0 Å². The van der Waals surface area contributed by atoms with E-state index in [-0.39, 0.29) is 29.6 Å². The molecule has 2 aliphatic heterocycles. The number of amides is 2. The van der Waals surface area contributed by atoms with E-state index in [1.165, 1.54) is 4.90 Å². The summed E-state index contributed by atoms with van der Waals surface area (Å²) in [6.45, 7) is 3.28. The molecule has 8 heteroatoms. The second-order valence-corrected chi connectivity index (χ2v) is 9.66. The Balaban J connectivity index is 1.52. The Kier molecular flexibility index (Phi) is 6.39. The summed E-state index contributed by atoms with van der Waals surface area (Å²) in [6.07, 6.45) is 0.845. The molecule has 0 aromatic heterocycles. The van der Waals surface area contributed by atoms with Crippen molar-refractivity contribution in [2.24, 2.45) is 0 Å². The van der Waals surface area contributed by atoms with E-state index < -0.39 is 9.84 Å². The largest absolute Gasteiger partial charge is 0.377 e. The third kappa shape index (κ3) is 5.00. The number of carbonyl (C=O) groups is 1. The van der Waals surface area contributed by atoms with Crippen LogP contribution in [0.15, 0.2) is 30.3 Å². The van der Waals surface area contributed by atoms with Gasteiger partial charge in [-0.25, -0.2) is 13.2 Å². The molecule has 0 saturated carbocycles. The van der Waals surface area contributed by atoms with Crippen molar-refractivity contribution in [1.82, 2.24) is 14.7 Å². The van der Waals surface area contributed by atoms with E-state index in [9.17, 15) is 13.2 Å². The van der Waals surface area contributed by atoms with Gasteiger partial charge in [-0.15, -0.1) is 0 Å². The van der Waals surface area contributed by atoms with Crippen molar-refractivity contribution in [2.75, 3.05) is 51.8 Å². The van der Waals surface area contributed by atoms with Crippen molar-refractivity contribution < 1.29 is 17.9 Å². The van der Waals surface area contributed by atoms with Crippen LogP contribution in [0.1, 0.15) is 12.0 Å². The van der Waals surface area contributed by atoms with Crippen LogP contribution in [0.3, 0.4) is 0 Å². The highest BCUT2D eigenvalue weighted by Crippen LogP contribution is 2.27. The fourth-order valence-electron chi connectivity index (χ4n) is 3.93. The van der Waals surface area contributed by atoms with E-state index in [1.807, 2.05) is 30.3 Å². The number of nitrogens with zero attached hydrogens (tertiary/aromatic N) is 3. The minimum Gasteiger partial charge on any atom is -0.377 e. The average molecular weight is 396 g/mol. The van der Waals surface area contributed by atoms with Gasteiger partial charge in [-0.05, 0) is 12.0 Å².